The van der Waals surface area contributed by atoms with Crippen LogP contribution in [0, 0.1) is 0 Å². The molecule has 5 heteroatoms. The van der Waals surface area contributed by atoms with Crippen molar-refractivity contribution in [2.24, 2.45) is 5.11 Å². The molecule has 1 heterocycles. The molecule has 0 aliphatic carbocycles. The van der Waals surface area contributed by atoms with Gasteiger partial charge in [-0.1, -0.05) is 17.2 Å². The van der Waals surface area contributed by atoms with E-state index in [1.807, 2.05) is 24.3 Å². The van der Waals surface area contributed by atoms with Gasteiger partial charge in [-0.2, -0.15) is 0 Å². The minimum atomic E-state index is -0.0209. The van der Waals surface area contributed by atoms with Crippen LogP contribution in [-0.2, 0) is 0 Å². The molecule has 1 aromatic rings. The van der Waals surface area contributed by atoms with Crippen molar-refractivity contribution in [2.45, 2.75) is 14.5 Å². The van der Waals surface area contributed by atoms with Gasteiger partial charge in [-0.15, -0.1) is 23.5 Å². The monoisotopic (exact) mass is 195 g/mol. The Labute approximate surface area is 78.2 Å². The predicted octanol–water partition coefficient (Wildman–Crippen LogP) is 3.48. The summed E-state index contributed by atoms with van der Waals surface area (Å²) in [7, 11) is 0. The Morgan fingerprint density at radius 3 is 2.33 bits per heavy atom. The van der Waals surface area contributed by atoms with Gasteiger partial charge >= 0.3 is 0 Å². The lowest BCUT2D eigenvalue weighted by atomic mass is 10.4. The second-order valence-electron chi connectivity index (χ2n) is 2.19. The van der Waals surface area contributed by atoms with Crippen LogP contribution in [0.2, 0.25) is 0 Å². The summed E-state index contributed by atoms with van der Waals surface area (Å²) in [6.45, 7) is 0. The molecule has 0 aromatic heterocycles. The first-order chi connectivity index (χ1) is 5.90. The summed E-state index contributed by atoms with van der Waals surface area (Å²) < 4.78 is -0.0209. The lowest BCUT2D eigenvalue weighted by Crippen LogP contribution is -1.78. The third-order valence-corrected chi connectivity index (χ3v) is 3.97. The predicted molar refractivity (Wildman–Crippen MR) is 51.1 cm³/mol. The van der Waals surface area contributed by atoms with Crippen LogP contribution in [0.4, 0.5) is 0 Å². The van der Waals surface area contributed by atoms with Crippen molar-refractivity contribution < 1.29 is 0 Å². The Kier molecular flexibility index (Phi) is 2.17. The highest BCUT2D eigenvalue weighted by molar-refractivity contribution is 8.19. The number of thioether (sulfide) groups is 2. The largest absolute Gasteiger partial charge is 0.138 e. The van der Waals surface area contributed by atoms with Gasteiger partial charge in [0.05, 0.1) is 0 Å². The van der Waals surface area contributed by atoms with Crippen molar-refractivity contribution in [3.05, 3.63) is 34.7 Å². The molecule has 0 amide bonds. The van der Waals surface area contributed by atoms with Crippen molar-refractivity contribution in [1.29, 1.82) is 0 Å². The summed E-state index contributed by atoms with van der Waals surface area (Å²) in [4.78, 5) is 5.20. The molecular weight excluding hydrogens is 190 g/mol. The first-order valence-electron chi connectivity index (χ1n) is 3.37. The van der Waals surface area contributed by atoms with Crippen molar-refractivity contribution >= 4 is 23.5 Å². The zero-order chi connectivity index (χ0) is 8.39. The van der Waals surface area contributed by atoms with E-state index in [4.69, 9.17) is 5.53 Å². The number of nitrogens with zero attached hydrogens (tertiary/aromatic N) is 3. The molecule has 0 atom stereocenters. The van der Waals surface area contributed by atoms with Crippen molar-refractivity contribution in [2.75, 3.05) is 0 Å². The van der Waals surface area contributed by atoms with Crippen LogP contribution in [0.25, 0.3) is 10.4 Å². The van der Waals surface area contributed by atoms with Gasteiger partial charge in [-0.3, -0.25) is 0 Å². The third kappa shape index (κ3) is 1.39. The second kappa shape index (κ2) is 3.31. The van der Waals surface area contributed by atoms with Gasteiger partial charge < -0.3 is 0 Å². The van der Waals surface area contributed by atoms with E-state index in [0.717, 1.165) is 0 Å². The van der Waals surface area contributed by atoms with E-state index in [9.17, 15) is 0 Å². The minimum absolute atomic E-state index is 0.0209. The van der Waals surface area contributed by atoms with E-state index in [2.05, 4.69) is 10.0 Å². The first-order valence-corrected chi connectivity index (χ1v) is 5.12. The van der Waals surface area contributed by atoms with E-state index < -0.39 is 0 Å². The standard InChI is InChI=1S/C7H5N3S2/c8-10-9-7-11-5-3-1-2-4-6(5)12-7/h1-4,7H. The maximum absolute atomic E-state index is 8.24. The zero-order valence-corrected chi connectivity index (χ0v) is 7.68. The zero-order valence-electron chi connectivity index (χ0n) is 6.04. The highest BCUT2D eigenvalue weighted by Gasteiger charge is 2.20. The lowest BCUT2D eigenvalue weighted by molar-refractivity contribution is 1.27. The van der Waals surface area contributed by atoms with E-state index in [0.29, 0.717) is 0 Å². The average molecular weight is 195 g/mol. The molecule has 1 aliphatic rings. The maximum Gasteiger partial charge on any atom is 0.138 e. The van der Waals surface area contributed by atoms with Crippen LogP contribution in [0.15, 0.2) is 39.2 Å². The maximum atomic E-state index is 8.24. The van der Waals surface area contributed by atoms with Crippen molar-refractivity contribution in [1.82, 2.24) is 0 Å². The fraction of sp³-hybridized carbons (Fsp3) is 0.143. The molecule has 0 unspecified atom stereocenters. The number of hydrogen-bond acceptors (Lipinski definition) is 3. The average Bonchev–Trinajstić information content (AvgIpc) is 2.47. The summed E-state index contributed by atoms with van der Waals surface area (Å²) >= 11 is 3.21. The van der Waals surface area contributed by atoms with Crippen LogP contribution in [0.3, 0.4) is 0 Å². The molecule has 60 valence electrons. The quantitative estimate of drug-likeness (QED) is 0.391. The first kappa shape index (κ1) is 7.86. The molecule has 0 saturated heterocycles. The summed E-state index contributed by atoms with van der Waals surface area (Å²) in [5, 5.41) is 3.64. The number of fused-ring (bicyclic) bond motifs is 1. The van der Waals surface area contributed by atoms with Crippen molar-refractivity contribution in [3.8, 4) is 0 Å². The van der Waals surface area contributed by atoms with Gasteiger partial charge in [0.25, 0.3) is 0 Å². The fourth-order valence-electron chi connectivity index (χ4n) is 0.975. The lowest BCUT2D eigenvalue weighted by Gasteiger charge is -1.93. The number of rotatable bonds is 1. The molecule has 0 radical (unpaired) electrons. The highest BCUT2D eigenvalue weighted by atomic mass is 32.2. The van der Waals surface area contributed by atoms with Gasteiger partial charge in [-0.25, -0.2) is 0 Å². The molecule has 0 bridgehead atoms. The van der Waals surface area contributed by atoms with Gasteiger partial charge in [-0.05, 0) is 17.7 Å². The molecular formula is C7H5N3S2. The Bertz CT molecular complexity index is 321. The van der Waals surface area contributed by atoms with Gasteiger partial charge in [0.1, 0.15) is 4.71 Å². The van der Waals surface area contributed by atoms with Crippen LogP contribution in [-0.4, -0.2) is 4.71 Å². The number of azide groups is 1. The molecule has 0 spiro atoms. The molecule has 0 fully saturated rings. The fourth-order valence-corrected chi connectivity index (χ4v) is 3.37. The Morgan fingerprint density at radius 2 is 1.83 bits per heavy atom. The van der Waals surface area contributed by atoms with Crippen LogP contribution in [0.1, 0.15) is 0 Å². The highest BCUT2D eigenvalue weighted by Crippen LogP contribution is 2.47. The van der Waals surface area contributed by atoms with E-state index in [-0.39, 0.29) is 4.71 Å². The van der Waals surface area contributed by atoms with Crippen LogP contribution >= 0.6 is 23.5 Å². The van der Waals surface area contributed by atoms with Gasteiger partial charge in [0, 0.05) is 14.7 Å². The molecule has 1 aromatic carbocycles. The summed E-state index contributed by atoms with van der Waals surface area (Å²) in [5.41, 5.74) is 8.24. The van der Waals surface area contributed by atoms with Crippen molar-refractivity contribution in [3.63, 3.8) is 0 Å². The molecule has 1 aliphatic heterocycles. The third-order valence-electron chi connectivity index (χ3n) is 1.45. The minimum Gasteiger partial charge on any atom is -0.104 e. The van der Waals surface area contributed by atoms with Gasteiger partial charge in [0.15, 0.2) is 0 Å². The normalized spacial score (nSPS) is 15.3. The smallest absolute Gasteiger partial charge is 0.104 e. The van der Waals surface area contributed by atoms with E-state index >= 15 is 0 Å². The summed E-state index contributed by atoms with van der Waals surface area (Å²) in [6, 6.07) is 8.06. The number of hydrogen-bond donors (Lipinski definition) is 0. The topological polar surface area (TPSA) is 48.8 Å². The number of benzene rings is 1. The molecule has 3 nitrogen and oxygen atoms in total. The van der Waals surface area contributed by atoms with Crippen LogP contribution < -0.4 is 0 Å². The second-order valence-corrected chi connectivity index (χ2v) is 4.74. The summed E-state index contributed by atoms with van der Waals surface area (Å²) in [5.74, 6) is 0. The summed E-state index contributed by atoms with van der Waals surface area (Å²) in [6.07, 6.45) is 0. The van der Waals surface area contributed by atoms with Crippen LogP contribution in [0.5, 0.6) is 0 Å². The molecule has 2 rings (SSSR count). The molecule has 12 heavy (non-hydrogen) atoms. The molecule has 0 saturated carbocycles. The van der Waals surface area contributed by atoms with Gasteiger partial charge in [0.2, 0.25) is 0 Å². The molecule has 0 N–H and O–H groups in total. The Morgan fingerprint density at radius 1 is 1.25 bits per heavy atom. The van der Waals surface area contributed by atoms with E-state index in [1.54, 1.807) is 23.5 Å². The Hall–Kier alpha value is -0.770. The van der Waals surface area contributed by atoms with E-state index in [1.165, 1.54) is 9.79 Å². The SMILES string of the molecule is [N-]=[N+]=NC1Sc2ccccc2S1. The Balaban J connectivity index is 2.27.